The molecule has 0 amide bonds. The molecule has 0 bridgehead atoms. The number of rotatable bonds is 5. The Hall–Kier alpha value is -1.83. The predicted octanol–water partition coefficient (Wildman–Crippen LogP) is 3.26. The lowest BCUT2D eigenvalue weighted by Gasteiger charge is -2.29. The van der Waals surface area contributed by atoms with E-state index in [1.807, 2.05) is 30.2 Å². The van der Waals surface area contributed by atoms with Crippen LogP contribution in [0.15, 0.2) is 59.9 Å². The SMILES string of the molecule is CN=C(NCCCn1cccn1)N1CC=C(c2ccccc2)CC1.I. The quantitative estimate of drug-likeness (QED) is 0.329. The van der Waals surface area contributed by atoms with E-state index in [4.69, 9.17) is 0 Å². The van der Waals surface area contributed by atoms with Crippen LogP contribution in [0.1, 0.15) is 18.4 Å². The van der Waals surface area contributed by atoms with Crippen molar-refractivity contribution in [2.24, 2.45) is 4.99 Å². The molecule has 0 unspecified atom stereocenters. The lowest BCUT2D eigenvalue weighted by Crippen LogP contribution is -2.43. The first-order valence-electron chi connectivity index (χ1n) is 8.54. The van der Waals surface area contributed by atoms with Crippen molar-refractivity contribution in [3.8, 4) is 0 Å². The molecule has 2 aromatic rings. The minimum Gasteiger partial charge on any atom is -0.356 e. The highest BCUT2D eigenvalue weighted by molar-refractivity contribution is 14.0. The number of benzene rings is 1. The number of aliphatic imine (C=N–C) groups is 1. The molecule has 5 nitrogen and oxygen atoms in total. The van der Waals surface area contributed by atoms with Crippen LogP contribution in [0.3, 0.4) is 0 Å². The second kappa shape index (κ2) is 10.2. The molecule has 0 spiro atoms. The second-order valence-electron chi connectivity index (χ2n) is 5.89. The van der Waals surface area contributed by atoms with Gasteiger partial charge in [-0.2, -0.15) is 5.10 Å². The van der Waals surface area contributed by atoms with Crippen LogP contribution in [0.2, 0.25) is 0 Å². The third-order valence-electron chi connectivity index (χ3n) is 4.27. The van der Waals surface area contributed by atoms with Crippen LogP contribution in [0, 0.1) is 0 Å². The van der Waals surface area contributed by atoms with E-state index in [9.17, 15) is 0 Å². The summed E-state index contributed by atoms with van der Waals surface area (Å²) < 4.78 is 1.96. The Morgan fingerprint density at radius 1 is 1.24 bits per heavy atom. The molecule has 2 heterocycles. The third-order valence-corrected chi connectivity index (χ3v) is 4.27. The maximum atomic E-state index is 4.42. The Bertz CT molecular complexity index is 679. The van der Waals surface area contributed by atoms with Crippen LogP contribution < -0.4 is 5.32 Å². The number of halogens is 1. The maximum absolute atomic E-state index is 4.42. The molecule has 1 aromatic carbocycles. The van der Waals surface area contributed by atoms with Crippen molar-refractivity contribution in [3.05, 3.63) is 60.4 Å². The fourth-order valence-electron chi connectivity index (χ4n) is 2.98. The van der Waals surface area contributed by atoms with Crippen LogP contribution in [-0.4, -0.2) is 47.3 Å². The van der Waals surface area contributed by atoms with Gasteiger partial charge in [0, 0.05) is 45.6 Å². The predicted molar refractivity (Wildman–Crippen MR) is 114 cm³/mol. The van der Waals surface area contributed by atoms with Gasteiger partial charge in [-0.15, -0.1) is 24.0 Å². The van der Waals surface area contributed by atoms with Gasteiger partial charge in [0.05, 0.1) is 0 Å². The molecule has 0 atom stereocenters. The number of guanidine groups is 1. The summed E-state index contributed by atoms with van der Waals surface area (Å²) in [4.78, 5) is 6.73. The van der Waals surface area contributed by atoms with Crippen LogP contribution >= 0.6 is 24.0 Å². The van der Waals surface area contributed by atoms with Gasteiger partial charge >= 0.3 is 0 Å². The summed E-state index contributed by atoms with van der Waals surface area (Å²) in [6.07, 6.45) is 8.21. The van der Waals surface area contributed by atoms with E-state index in [0.29, 0.717) is 0 Å². The van der Waals surface area contributed by atoms with Crippen LogP contribution in [0.4, 0.5) is 0 Å². The van der Waals surface area contributed by atoms with Gasteiger partial charge in [-0.3, -0.25) is 9.67 Å². The highest BCUT2D eigenvalue weighted by Crippen LogP contribution is 2.21. The lowest BCUT2D eigenvalue weighted by molar-refractivity contribution is 0.437. The van der Waals surface area contributed by atoms with E-state index in [2.05, 4.69) is 56.7 Å². The van der Waals surface area contributed by atoms with Crippen LogP contribution in [0.25, 0.3) is 5.57 Å². The summed E-state index contributed by atoms with van der Waals surface area (Å²) in [5.74, 6) is 0.985. The number of hydrogen-bond acceptors (Lipinski definition) is 2. The number of aryl methyl sites for hydroxylation is 1. The molecule has 0 radical (unpaired) electrons. The van der Waals surface area contributed by atoms with Crippen molar-refractivity contribution < 1.29 is 0 Å². The molecular weight excluding hydrogens is 425 g/mol. The Balaban J connectivity index is 0.00000225. The van der Waals surface area contributed by atoms with Crippen molar-refractivity contribution in [2.75, 3.05) is 26.7 Å². The first-order valence-corrected chi connectivity index (χ1v) is 8.54. The lowest BCUT2D eigenvalue weighted by atomic mass is 10.00. The highest BCUT2D eigenvalue weighted by Gasteiger charge is 2.15. The van der Waals surface area contributed by atoms with Crippen molar-refractivity contribution in [2.45, 2.75) is 19.4 Å². The first kappa shape index (κ1) is 19.5. The van der Waals surface area contributed by atoms with Gasteiger partial charge in [-0.25, -0.2) is 0 Å². The summed E-state index contributed by atoms with van der Waals surface area (Å²) in [6, 6.07) is 12.6. The van der Waals surface area contributed by atoms with Gasteiger partial charge in [0.2, 0.25) is 0 Å². The monoisotopic (exact) mass is 451 g/mol. The minimum absolute atomic E-state index is 0. The number of nitrogens with zero attached hydrogens (tertiary/aromatic N) is 4. The topological polar surface area (TPSA) is 45.5 Å². The largest absolute Gasteiger partial charge is 0.356 e. The van der Waals surface area contributed by atoms with E-state index in [-0.39, 0.29) is 24.0 Å². The van der Waals surface area contributed by atoms with Crippen LogP contribution in [-0.2, 0) is 6.54 Å². The molecule has 3 rings (SSSR count). The van der Waals surface area contributed by atoms with Gasteiger partial charge in [0.1, 0.15) is 0 Å². The average molecular weight is 451 g/mol. The standard InChI is InChI=1S/C19H25N5.HI/c1-20-19(21-11-5-13-24-14-6-12-22-24)23-15-9-18(10-16-23)17-7-3-2-4-8-17;/h2-4,6-9,12,14H,5,10-11,13,15-16H2,1H3,(H,20,21);1H. The molecule has 134 valence electrons. The number of aromatic nitrogens is 2. The summed E-state index contributed by atoms with van der Waals surface area (Å²) in [6.45, 7) is 3.73. The zero-order valence-electron chi connectivity index (χ0n) is 14.6. The molecule has 1 aliphatic heterocycles. The molecule has 1 aliphatic rings. The average Bonchev–Trinajstić information content (AvgIpc) is 3.16. The zero-order valence-corrected chi connectivity index (χ0v) is 17.0. The van der Waals surface area contributed by atoms with Gasteiger partial charge in [-0.1, -0.05) is 36.4 Å². The summed E-state index contributed by atoms with van der Waals surface area (Å²) >= 11 is 0. The molecule has 1 N–H and O–H groups in total. The van der Waals surface area contributed by atoms with E-state index in [1.54, 1.807) is 0 Å². The Kier molecular flexibility index (Phi) is 7.97. The Morgan fingerprint density at radius 2 is 2.08 bits per heavy atom. The molecule has 0 saturated carbocycles. The summed E-state index contributed by atoms with van der Waals surface area (Å²) in [5.41, 5.74) is 2.76. The smallest absolute Gasteiger partial charge is 0.193 e. The van der Waals surface area contributed by atoms with Gasteiger partial charge in [-0.05, 0) is 30.0 Å². The molecular formula is C19H26IN5. The fourth-order valence-corrected chi connectivity index (χ4v) is 2.98. The van der Waals surface area contributed by atoms with Gasteiger partial charge < -0.3 is 10.2 Å². The minimum atomic E-state index is 0. The van der Waals surface area contributed by atoms with Crippen molar-refractivity contribution in [3.63, 3.8) is 0 Å². The second-order valence-corrected chi connectivity index (χ2v) is 5.89. The van der Waals surface area contributed by atoms with E-state index < -0.39 is 0 Å². The van der Waals surface area contributed by atoms with Crippen molar-refractivity contribution in [1.82, 2.24) is 20.0 Å². The Labute approximate surface area is 166 Å². The normalized spacial score (nSPS) is 14.7. The molecule has 0 saturated heterocycles. The van der Waals surface area contributed by atoms with Gasteiger partial charge in [0.25, 0.3) is 0 Å². The van der Waals surface area contributed by atoms with E-state index >= 15 is 0 Å². The van der Waals surface area contributed by atoms with E-state index in [0.717, 1.165) is 45.0 Å². The first-order chi connectivity index (χ1) is 11.9. The highest BCUT2D eigenvalue weighted by atomic mass is 127. The van der Waals surface area contributed by atoms with Crippen LogP contribution in [0.5, 0.6) is 0 Å². The zero-order chi connectivity index (χ0) is 16.6. The molecule has 6 heteroatoms. The molecule has 0 fully saturated rings. The molecule has 0 aliphatic carbocycles. The van der Waals surface area contributed by atoms with Crippen molar-refractivity contribution >= 4 is 35.5 Å². The summed E-state index contributed by atoms with van der Waals surface area (Å²) in [7, 11) is 1.85. The number of hydrogen-bond donors (Lipinski definition) is 1. The third kappa shape index (κ3) is 5.59. The van der Waals surface area contributed by atoms with E-state index in [1.165, 1.54) is 11.1 Å². The molecule has 1 aromatic heterocycles. The van der Waals surface area contributed by atoms with Crippen molar-refractivity contribution in [1.29, 1.82) is 0 Å². The number of nitrogens with one attached hydrogen (secondary N) is 1. The summed E-state index contributed by atoms with van der Waals surface area (Å²) in [5, 5.41) is 7.68. The Morgan fingerprint density at radius 3 is 2.72 bits per heavy atom. The maximum Gasteiger partial charge on any atom is 0.193 e. The molecule has 25 heavy (non-hydrogen) atoms. The van der Waals surface area contributed by atoms with Gasteiger partial charge in [0.15, 0.2) is 5.96 Å². The fraction of sp³-hybridized carbons (Fsp3) is 0.368.